The molecule has 0 spiro atoms. The summed E-state index contributed by atoms with van der Waals surface area (Å²) in [4.78, 5) is 22.9. The minimum Gasteiger partial charge on any atom is -0.466 e. The molecule has 0 aromatic heterocycles. The van der Waals surface area contributed by atoms with Crippen LogP contribution in [-0.4, -0.2) is 30.4 Å². The van der Waals surface area contributed by atoms with Gasteiger partial charge in [-0.3, -0.25) is 10.1 Å². The highest BCUT2D eigenvalue weighted by atomic mass is 79.9. The number of amides is 1. The number of aryl methyl sites for hydroxylation is 1. The van der Waals surface area contributed by atoms with Crippen LogP contribution in [-0.2, 0) is 14.3 Å². The lowest BCUT2D eigenvalue weighted by Gasteiger charge is -1.97. The van der Waals surface area contributed by atoms with E-state index in [-0.39, 0.29) is 4.91 Å². The van der Waals surface area contributed by atoms with Crippen molar-refractivity contribution in [2.45, 2.75) is 6.92 Å². The van der Waals surface area contributed by atoms with Crippen LogP contribution in [0.2, 0.25) is 0 Å². The summed E-state index contributed by atoms with van der Waals surface area (Å²) in [6, 6.07) is 5.79. The summed E-state index contributed by atoms with van der Waals surface area (Å²) in [7, 11) is 1.25. The summed E-state index contributed by atoms with van der Waals surface area (Å²) in [6.07, 6.45) is 2.69. The summed E-state index contributed by atoms with van der Waals surface area (Å²) >= 11 is 4.47. The van der Waals surface area contributed by atoms with E-state index in [1.807, 2.05) is 25.1 Å². The summed E-state index contributed by atoms with van der Waals surface area (Å²) < 4.78 is 5.46. The molecule has 0 saturated carbocycles. The molecule has 1 heterocycles. The molecule has 1 N–H and O–H groups in total. The SMILES string of the molecule is COC(=O)/C=C1/S/C(=N\N=Cc2ccc(C)c(Br)c2)NC1=O. The van der Waals surface area contributed by atoms with Gasteiger partial charge in [0.25, 0.3) is 5.91 Å². The summed E-state index contributed by atoms with van der Waals surface area (Å²) in [5.74, 6) is -0.991. The van der Waals surface area contributed by atoms with Crippen molar-refractivity contribution in [3.05, 3.63) is 44.8 Å². The number of hydrogen-bond acceptors (Lipinski definition) is 6. The van der Waals surface area contributed by atoms with Crippen LogP contribution in [0.3, 0.4) is 0 Å². The molecule has 114 valence electrons. The maximum absolute atomic E-state index is 11.6. The van der Waals surface area contributed by atoms with E-state index < -0.39 is 11.9 Å². The summed E-state index contributed by atoms with van der Waals surface area (Å²) in [5.41, 5.74) is 2.00. The fourth-order valence-electron chi connectivity index (χ4n) is 1.48. The van der Waals surface area contributed by atoms with Crippen molar-refractivity contribution in [1.82, 2.24) is 5.32 Å². The van der Waals surface area contributed by atoms with Gasteiger partial charge in [-0.05, 0) is 35.9 Å². The van der Waals surface area contributed by atoms with Crippen molar-refractivity contribution in [2.24, 2.45) is 10.2 Å². The molecular formula is C14H12BrN3O3S. The van der Waals surface area contributed by atoms with E-state index in [0.717, 1.165) is 33.4 Å². The van der Waals surface area contributed by atoms with Gasteiger partial charge in [0.2, 0.25) is 0 Å². The second kappa shape index (κ2) is 7.37. The molecule has 2 rings (SSSR count). The Hall–Kier alpha value is -1.93. The topological polar surface area (TPSA) is 80.1 Å². The Balaban J connectivity index is 2.06. The van der Waals surface area contributed by atoms with Gasteiger partial charge >= 0.3 is 5.97 Å². The van der Waals surface area contributed by atoms with E-state index >= 15 is 0 Å². The minimum absolute atomic E-state index is 0.221. The van der Waals surface area contributed by atoms with Crippen LogP contribution in [0.1, 0.15) is 11.1 Å². The van der Waals surface area contributed by atoms with Crippen LogP contribution in [0.15, 0.2) is 43.9 Å². The third-order valence-corrected chi connectivity index (χ3v) is 4.41. The Morgan fingerprint density at radius 1 is 1.45 bits per heavy atom. The molecule has 1 aliphatic heterocycles. The van der Waals surface area contributed by atoms with E-state index in [1.54, 1.807) is 6.21 Å². The Kier molecular flexibility index (Phi) is 5.51. The van der Waals surface area contributed by atoms with E-state index in [9.17, 15) is 9.59 Å². The van der Waals surface area contributed by atoms with Gasteiger partial charge in [-0.25, -0.2) is 4.79 Å². The molecule has 1 fully saturated rings. The molecule has 8 heteroatoms. The second-order valence-electron chi connectivity index (χ2n) is 4.25. The smallest absolute Gasteiger partial charge is 0.331 e. The third-order valence-electron chi connectivity index (χ3n) is 2.65. The van der Waals surface area contributed by atoms with Crippen molar-refractivity contribution in [2.75, 3.05) is 7.11 Å². The van der Waals surface area contributed by atoms with Crippen molar-refractivity contribution >= 4 is 51.0 Å². The lowest BCUT2D eigenvalue weighted by Crippen LogP contribution is -2.19. The number of hydrogen-bond donors (Lipinski definition) is 1. The van der Waals surface area contributed by atoms with Gasteiger partial charge in [-0.15, -0.1) is 5.10 Å². The fourth-order valence-corrected chi connectivity index (χ4v) is 2.61. The van der Waals surface area contributed by atoms with Crippen molar-refractivity contribution in [3.63, 3.8) is 0 Å². The Morgan fingerprint density at radius 2 is 2.23 bits per heavy atom. The second-order valence-corrected chi connectivity index (χ2v) is 6.13. The maximum atomic E-state index is 11.6. The Labute approximate surface area is 139 Å². The number of carbonyl (C=O) groups is 2. The van der Waals surface area contributed by atoms with Crippen LogP contribution in [0, 0.1) is 6.92 Å². The van der Waals surface area contributed by atoms with Crippen LogP contribution in [0.4, 0.5) is 0 Å². The first-order valence-electron chi connectivity index (χ1n) is 6.15. The fraction of sp³-hybridized carbons (Fsp3) is 0.143. The highest BCUT2D eigenvalue weighted by Gasteiger charge is 2.24. The number of benzene rings is 1. The third kappa shape index (κ3) is 4.28. The first kappa shape index (κ1) is 16.4. The molecule has 0 bridgehead atoms. The quantitative estimate of drug-likeness (QED) is 0.377. The van der Waals surface area contributed by atoms with Gasteiger partial charge in [0, 0.05) is 10.5 Å². The number of thioether (sulfide) groups is 1. The average molecular weight is 382 g/mol. The van der Waals surface area contributed by atoms with E-state index in [0.29, 0.717) is 5.17 Å². The highest BCUT2D eigenvalue weighted by molar-refractivity contribution is 9.10. The predicted octanol–water partition coefficient (Wildman–Crippen LogP) is 2.37. The number of methoxy groups -OCH3 is 1. The Morgan fingerprint density at radius 3 is 2.91 bits per heavy atom. The van der Waals surface area contributed by atoms with Gasteiger partial charge in [-0.1, -0.05) is 28.1 Å². The first-order valence-corrected chi connectivity index (χ1v) is 7.76. The zero-order valence-corrected chi connectivity index (χ0v) is 14.2. The monoisotopic (exact) mass is 381 g/mol. The highest BCUT2D eigenvalue weighted by Crippen LogP contribution is 2.23. The number of rotatable bonds is 3. The average Bonchev–Trinajstić information content (AvgIpc) is 2.83. The molecule has 22 heavy (non-hydrogen) atoms. The van der Waals surface area contributed by atoms with Crippen molar-refractivity contribution < 1.29 is 14.3 Å². The first-order chi connectivity index (χ1) is 10.5. The zero-order valence-electron chi connectivity index (χ0n) is 11.8. The molecule has 0 radical (unpaired) electrons. The lowest BCUT2D eigenvalue weighted by atomic mass is 10.2. The number of ether oxygens (including phenoxy) is 1. The normalized spacial score (nSPS) is 18.2. The van der Waals surface area contributed by atoms with Gasteiger partial charge < -0.3 is 4.74 Å². The molecule has 6 nitrogen and oxygen atoms in total. The van der Waals surface area contributed by atoms with Crippen LogP contribution >= 0.6 is 27.7 Å². The van der Waals surface area contributed by atoms with Gasteiger partial charge in [0.1, 0.15) is 0 Å². The molecule has 0 unspecified atom stereocenters. The number of carbonyl (C=O) groups excluding carboxylic acids is 2. The molecular weight excluding hydrogens is 370 g/mol. The van der Waals surface area contributed by atoms with Gasteiger partial charge in [0.15, 0.2) is 5.17 Å². The molecule has 0 aliphatic carbocycles. The molecule has 1 aliphatic rings. The predicted molar refractivity (Wildman–Crippen MR) is 89.7 cm³/mol. The van der Waals surface area contributed by atoms with Crippen molar-refractivity contribution in [1.29, 1.82) is 0 Å². The van der Waals surface area contributed by atoms with E-state index in [4.69, 9.17) is 0 Å². The summed E-state index contributed by atoms with van der Waals surface area (Å²) in [6.45, 7) is 1.99. The Bertz CT molecular complexity index is 713. The molecule has 1 amide bonds. The van der Waals surface area contributed by atoms with Crippen LogP contribution < -0.4 is 5.32 Å². The van der Waals surface area contributed by atoms with E-state index in [2.05, 4.69) is 36.2 Å². The molecule has 0 atom stereocenters. The number of esters is 1. The molecule has 1 saturated heterocycles. The van der Waals surface area contributed by atoms with Crippen molar-refractivity contribution in [3.8, 4) is 0 Å². The van der Waals surface area contributed by atoms with Crippen LogP contribution in [0.5, 0.6) is 0 Å². The standard InChI is InChI=1S/C14H12BrN3O3S/c1-8-3-4-9(5-10(8)15)7-16-18-14-17-13(20)11(22-14)6-12(19)21-2/h3-7H,1-2H3,(H,17,18,20)/b11-6+,16-7?. The zero-order chi connectivity index (χ0) is 16.1. The maximum Gasteiger partial charge on any atom is 0.331 e. The number of amidine groups is 1. The lowest BCUT2D eigenvalue weighted by molar-refractivity contribution is -0.135. The van der Waals surface area contributed by atoms with Gasteiger partial charge in [-0.2, -0.15) is 5.10 Å². The van der Waals surface area contributed by atoms with Gasteiger partial charge in [0.05, 0.1) is 18.2 Å². The minimum atomic E-state index is -0.591. The molecule has 1 aromatic carbocycles. The largest absolute Gasteiger partial charge is 0.466 e. The summed E-state index contributed by atoms with van der Waals surface area (Å²) in [5, 5.41) is 10.7. The van der Waals surface area contributed by atoms with E-state index in [1.165, 1.54) is 7.11 Å². The number of halogens is 1. The molecule has 1 aromatic rings. The number of nitrogens with zero attached hydrogens (tertiary/aromatic N) is 2. The van der Waals surface area contributed by atoms with Crippen LogP contribution in [0.25, 0.3) is 0 Å². The number of nitrogens with one attached hydrogen (secondary N) is 1.